The van der Waals surface area contributed by atoms with Crippen molar-refractivity contribution < 1.29 is 0 Å². The predicted molar refractivity (Wildman–Crippen MR) is 255 cm³/mol. The van der Waals surface area contributed by atoms with Gasteiger partial charge in [-0.25, -0.2) is 0 Å². The van der Waals surface area contributed by atoms with Crippen LogP contribution >= 0.6 is 0 Å². The zero-order valence-corrected chi connectivity index (χ0v) is 33.3. The molecule has 0 bridgehead atoms. The molecule has 284 valence electrons. The fraction of sp³-hybridized carbons (Fsp3) is 0.0169. The summed E-state index contributed by atoms with van der Waals surface area (Å²) in [6, 6.07) is 85.2. The van der Waals surface area contributed by atoms with Crippen LogP contribution in [-0.2, 0) is 5.41 Å². The van der Waals surface area contributed by atoms with E-state index in [-0.39, 0.29) is 0 Å². The Hall–Kier alpha value is -7.94. The molecule has 0 fully saturated rings. The Kier molecular flexibility index (Phi) is 7.26. The van der Waals surface area contributed by atoms with Crippen LogP contribution in [0, 0.1) is 0 Å². The van der Waals surface area contributed by atoms with Crippen molar-refractivity contribution in [1.29, 1.82) is 0 Å². The van der Waals surface area contributed by atoms with E-state index in [1.807, 2.05) is 0 Å². The Morgan fingerprint density at radius 3 is 1.52 bits per heavy atom. The van der Waals surface area contributed by atoms with E-state index >= 15 is 0 Å². The number of fused-ring (bicyclic) bond motifs is 14. The topological polar surface area (TPSA) is 8.17 Å². The smallest absolute Gasteiger partial charge is 0.0725 e. The molecule has 0 saturated heterocycles. The van der Waals surface area contributed by atoms with Crippen LogP contribution in [0.2, 0.25) is 0 Å². The molecule has 1 heterocycles. The van der Waals surface area contributed by atoms with Crippen molar-refractivity contribution in [3.05, 3.63) is 253 Å². The Bertz CT molecular complexity index is 3480. The van der Waals surface area contributed by atoms with Crippen LogP contribution in [0.5, 0.6) is 0 Å². The summed E-state index contributed by atoms with van der Waals surface area (Å²) in [7, 11) is 0. The van der Waals surface area contributed by atoms with Crippen molar-refractivity contribution in [3.8, 4) is 39.1 Å². The normalized spacial score (nSPS) is 13.0. The molecular formula is C59H38N2. The third-order valence-electron chi connectivity index (χ3n) is 13.4. The molecule has 0 aliphatic heterocycles. The zero-order valence-electron chi connectivity index (χ0n) is 33.3. The van der Waals surface area contributed by atoms with E-state index in [0.29, 0.717) is 0 Å². The molecule has 0 atom stereocenters. The lowest BCUT2D eigenvalue weighted by Gasteiger charge is -2.31. The minimum Gasteiger partial charge on any atom is -0.310 e. The first-order chi connectivity index (χ1) is 30.3. The second-order valence-electron chi connectivity index (χ2n) is 16.4. The summed E-state index contributed by atoms with van der Waals surface area (Å²) in [4.78, 5) is 2.43. The maximum absolute atomic E-state index is 2.50. The number of aromatic nitrogens is 1. The van der Waals surface area contributed by atoms with Crippen LogP contribution in [0.1, 0.15) is 22.3 Å². The van der Waals surface area contributed by atoms with Crippen LogP contribution in [0.25, 0.3) is 71.6 Å². The Morgan fingerprint density at radius 1 is 0.311 bits per heavy atom. The summed E-state index contributed by atoms with van der Waals surface area (Å²) in [5, 5.41) is 4.88. The standard InChI is InChI=1S/C59H38N2/c1-3-17-40(18-4-1)60(42-32-35-58-51(38-42)50-26-12-16-30-56(50)61(58)41-19-5-2-6-20-41)57-36-34-43(44-21-7-8-25-49(44)57)39-31-33-48-47-24-11-15-29-54(47)59(55(48)37-39)52-27-13-9-22-45(52)46-23-10-14-28-53(46)59/h1-38H. The van der Waals surface area contributed by atoms with Gasteiger partial charge in [-0.2, -0.15) is 0 Å². The lowest BCUT2D eigenvalue weighted by Crippen LogP contribution is -2.25. The van der Waals surface area contributed by atoms with Gasteiger partial charge in [0, 0.05) is 33.2 Å². The fourth-order valence-electron chi connectivity index (χ4n) is 11.0. The van der Waals surface area contributed by atoms with Crippen LogP contribution < -0.4 is 4.90 Å². The molecular weight excluding hydrogens is 737 g/mol. The zero-order chi connectivity index (χ0) is 40.1. The van der Waals surface area contributed by atoms with Gasteiger partial charge in [0.15, 0.2) is 0 Å². The fourth-order valence-corrected chi connectivity index (χ4v) is 11.0. The number of nitrogens with zero attached hydrogens (tertiary/aromatic N) is 2. The number of rotatable bonds is 5. The largest absolute Gasteiger partial charge is 0.310 e. The van der Waals surface area contributed by atoms with E-state index in [2.05, 4.69) is 240 Å². The highest BCUT2D eigenvalue weighted by Crippen LogP contribution is 2.63. The van der Waals surface area contributed by atoms with Gasteiger partial charge in [0.25, 0.3) is 0 Å². The molecule has 1 aromatic heterocycles. The minimum atomic E-state index is -0.392. The Labute approximate surface area is 354 Å². The number of para-hydroxylation sites is 3. The van der Waals surface area contributed by atoms with Crippen molar-refractivity contribution in [1.82, 2.24) is 4.57 Å². The van der Waals surface area contributed by atoms with Crippen LogP contribution in [0.15, 0.2) is 231 Å². The molecule has 61 heavy (non-hydrogen) atoms. The Morgan fingerprint density at radius 2 is 0.836 bits per heavy atom. The maximum Gasteiger partial charge on any atom is 0.0725 e. The van der Waals surface area contributed by atoms with E-state index in [9.17, 15) is 0 Å². The first kappa shape index (κ1) is 34.0. The van der Waals surface area contributed by atoms with Crippen LogP contribution in [-0.4, -0.2) is 4.57 Å². The van der Waals surface area contributed by atoms with Gasteiger partial charge in [-0.15, -0.1) is 0 Å². The maximum atomic E-state index is 2.50. The highest BCUT2D eigenvalue weighted by atomic mass is 15.1. The van der Waals surface area contributed by atoms with Crippen molar-refractivity contribution in [2.75, 3.05) is 4.90 Å². The van der Waals surface area contributed by atoms with Gasteiger partial charge in [-0.3, -0.25) is 0 Å². The monoisotopic (exact) mass is 774 g/mol. The SMILES string of the molecule is c1ccc(N(c2ccc3c(c2)c2ccccc2n3-c2ccccc2)c2ccc(-c3ccc4c(c3)C3(c5ccccc5-c5ccccc53)c3ccccc3-4)c3ccccc23)cc1. The molecule has 0 N–H and O–H groups in total. The van der Waals surface area contributed by atoms with E-state index < -0.39 is 5.41 Å². The van der Waals surface area contributed by atoms with E-state index in [1.54, 1.807) is 0 Å². The second kappa shape index (κ2) is 13.0. The number of hydrogen-bond acceptors (Lipinski definition) is 1. The van der Waals surface area contributed by atoms with Gasteiger partial charge in [0.1, 0.15) is 0 Å². The molecule has 10 aromatic carbocycles. The van der Waals surface area contributed by atoms with Gasteiger partial charge in [-0.05, 0) is 122 Å². The van der Waals surface area contributed by atoms with Crippen LogP contribution in [0.4, 0.5) is 17.1 Å². The summed E-state index contributed by atoms with van der Waals surface area (Å²) < 4.78 is 2.38. The number of hydrogen-bond donors (Lipinski definition) is 0. The van der Waals surface area contributed by atoms with Gasteiger partial charge in [-0.1, -0.05) is 170 Å². The molecule has 2 nitrogen and oxygen atoms in total. The molecule has 2 aliphatic carbocycles. The Balaban J connectivity index is 1.01. The third-order valence-corrected chi connectivity index (χ3v) is 13.4. The molecule has 0 saturated carbocycles. The summed E-state index contributed by atoms with van der Waals surface area (Å²) in [6.07, 6.45) is 0. The second-order valence-corrected chi connectivity index (χ2v) is 16.4. The lowest BCUT2D eigenvalue weighted by molar-refractivity contribution is 0.794. The summed E-state index contributed by atoms with van der Waals surface area (Å²) >= 11 is 0. The van der Waals surface area contributed by atoms with Crippen molar-refractivity contribution >= 4 is 49.6 Å². The lowest BCUT2D eigenvalue weighted by atomic mass is 9.70. The highest BCUT2D eigenvalue weighted by molar-refractivity contribution is 6.12. The molecule has 11 aromatic rings. The summed E-state index contributed by atoms with van der Waals surface area (Å²) in [5.41, 5.74) is 19.7. The molecule has 0 amide bonds. The van der Waals surface area contributed by atoms with E-state index in [4.69, 9.17) is 0 Å². The average molecular weight is 775 g/mol. The number of benzene rings is 10. The van der Waals surface area contributed by atoms with Gasteiger partial charge in [0.05, 0.1) is 22.1 Å². The van der Waals surface area contributed by atoms with Gasteiger partial charge in [0.2, 0.25) is 0 Å². The molecule has 13 rings (SSSR count). The van der Waals surface area contributed by atoms with Crippen LogP contribution in [0.3, 0.4) is 0 Å². The van der Waals surface area contributed by atoms with Gasteiger partial charge >= 0.3 is 0 Å². The quantitative estimate of drug-likeness (QED) is 0.169. The first-order valence-corrected chi connectivity index (χ1v) is 21.2. The predicted octanol–water partition coefficient (Wildman–Crippen LogP) is 15.4. The highest BCUT2D eigenvalue weighted by Gasteiger charge is 2.51. The number of anilines is 3. The molecule has 1 spiro atoms. The van der Waals surface area contributed by atoms with Crippen molar-refractivity contribution in [2.24, 2.45) is 0 Å². The van der Waals surface area contributed by atoms with E-state index in [0.717, 1.165) is 22.7 Å². The summed E-state index contributed by atoms with van der Waals surface area (Å²) in [6.45, 7) is 0. The first-order valence-electron chi connectivity index (χ1n) is 21.2. The molecule has 2 aliphatic rings. The molecule has 2 heteroatoms. The van der Waals surface area contributed by atoms with Gasteiger partial charge < -0.3 is 9.47 Å². The summed E-state index contributed by atoms with van der Waals surface area (Å²) in [5.74, 6) is 0. The van der Waals surface area contributed by atoms with Crippen molar-refractivity contribution in [3.63, 3.8) is 0 Å². The molecule has 0 radical (unpaired) electrons. The average Bonchev–Trinajstić information content (AvgIpc) is 3.94. The van der Waals surface area contributed by atoms with Crippen molar-refractivity contribution in [2.45, 2.75) is 5.41 Å². The third kappa shape index (κ3) is 4.73. The molecule has 0 unspecified atom stereocenters. The minimum absolute atomic E-state index is 0.392. The van der Waals surface area contributed by atoms with E-state index in [1.165, 1.54) is 88.2 Å².